The number of rotatable bonds is 1. The zero-order valence-corrected chi connectivity index (χ0v) is 11.6. The third-order valence-corrected chi connectivity index (χ3v) is 3.28. The molecule has 1 amide bonds. The Labute approximate surface area is 124 Å². The first-order valence-electron chi connectivity index (χ1n) is 5.72. The Morgan fingerprint density at radius 2 is 1.95 bits per heavy atom. The van der Waals surface area contributed by atoms with Crippen LogP contribution in [0.4, 0.5) is 10.5 Å². The van der Waals surface area contributed by atoms with Crippen molar-refractivity contribution in [3.63, 3.8) is 0 Å². The zero-order chi connectivity index (χ0) is 14.1. The van der Waals surface area contributed by atoms with Crippen molar-refractivity contribution < 1.29 is 4.79 Å². The van der Waals surface area contributed by atoms with Crippen LogP contribution >= 0.6 is 23.2 Å². The number of halogens is 2. The van der Waals surface area contributed by atoms with Gasteiger partial charge in [0.15, 0.2) is 0 Å². The molecule has 0 saturated carbocycles. The molecule has 0 aliphatic rings. The lowest BCUT2D eigenvalue weighted by Gasteiger charge is -2.06. The van der Waals surface area contributed by atoms with Gasteiger partial charge in [0.2, 0.25) is 0 Å². The molecule has 3 aromatic rings. The van der Waals surface area contributed by atoms with E-state index in [1.807, 2.05) is 0 Å². The lowest BCUT2D eigenvalue weighted by Crippen LogP contribution is -2.20. The molecule has 0 unspecified atom stereocenters. The summed E-state index contributed by atoms with van der Waals surface area (Å²) in [5, 5.41) is 11.4. The van der Waals surface area contributed by atoms with Gasteiger partial charge in [0.25, 0.3) is 0 Å². The Balaban J connectivity index is 1.95. The van der Waals surface area contributed by atoms with Crippen molar-refractivity contribution in [3.05, 3.63) is 52.5 Å². The third-order valence-electron chi connectivity index (χ3n) is 2.72. The van der Waals surface area contributed by atoms with E-state index in [-0.39, 0.29) is 0 Å². The van der Waals surface area contributed by atoms with E-state index in [1.165, 1.54) is 0 Å². The van der Waals surface area contributed by atoms with Crippen LogP contribution in [0.5, 0.6) is 0 Å². The molecule has 20 heavy (non-hydrogen) atoms. The molecule has 3 rings (SSSR count). The smallest absolute Gasteiger partial charge is 0.305 e. The van der Waals surface area contributed by atoms with Gasteiger partial charge in [0.05, 0.1) is 16.2 Å². The molecule has 0 spiro atoms. The average Bonchev–Trinajstić information content (AvgIpc) is 2.84. The summed E-state index contributed by atoms with van der Waals surface area (Å²) in [5.74, 6) is 0. The third kappa shape index (κ3) is 2.33. The highest BCUT2D eigenvalue weighted by molar-refractivity contribution is 6.33. The fraction of sp³-hybridized carbons (Fsp3) is 0. The fourth-order valence-electron chi connectivity index (χ4n) is 1.78. The first-order valence-corrected chi connectivity index (χ1v) is 6.47. The molecule has 1 aromatic heterocycles. The Kier molecular flexibility index (Phi) is 3.30. The van der Waals surface area contributed by atoms with Gasteiger partial charge in [-0.3, -0.25) is 0 Å². The topological polar surface area (TPSA) is 59.8 Å². The Bertz CT molecular complexity index is 800. The summed E-state index contributed by atoms with van der Waals surface area (Å²) < 4.78 is 1.16. The number of aromatic nitrogens is 3. The van der Waals surface area contributed by atoms with Crippen molar-refractivity contribution in [2.45, 2.75) is 0 Å². The molecular formula is C13H8Cl2N4O. The summed E-state index contributed by atoms with van der Waals surface area (Å²) in [4.78, 5) is 12.2. The fourth-order valence-corrected chi connectivity index (χ4v) is 2.13. The van der Waals surface area contributed by atoms with Gasteiger partial charge in [-0.2, -0.15) is 4.68 Å². The molecule has 0 bridgehead atoms. The van der Waals surface area contributed by atoms with Crippen LogP contribution in [0.25, 0.3) is 11.0 Å². The number of fused-ring (bicyclic) bond motifs is 1. The van der Waals surface area contributed by atoms with Crippen LogP contribution in [0.1, 0.15) is 0 Å². The Morgan fingerprint density at radius 3 is 2.75 bits per heavy atom. The van der Waals surface area contributed by atoms with Gasteiger partial charge >= 0.3 is 6.03 Å². The second-order valence-electron chi connectivity index (χ2n) is 4.04. The normalized spacial score (nSPS) is 10.7. The van der Waals surface area contributed by atoms with Gasteiger partial charge in [-0.15, -0.1) is 5.10 Å². The monoisotopic (exact) mass is 306 g/mol. The van der Waals surface area contributed by atoms with E-state index in [4.69, 9.17) is 23.2 Å². The minimum absolute atomic E-state index is 0.442. The molecule has 5 nitrogen and oxygen atoms in total. The van der Waals surface area contributed by atoms with E-state index in [1.54, 1.807) is 42.5 Å². The molecule has 0 aliphatic carbocycles. The number of anilines is 1. The van der Waals surface area contributed by atoms with Crippen molar-refractivity contribution in [1.29, 1.82) is 0 Å². The van der Waals surface area contributed by atoms with Crippen LogP contribution < -0.4 is 5.32 Å². The van der Waals surface area contributed by atoms with Crippen LogP contribution in [0.3, 0.4) is 0 Å². The van der Waals surface area contributed by atoms with Crippen molar-refractivity contribution >= 4 is 46.0 Å². The summed E-state index contributed by atoms with van der Waals surface area (Å²) >= 11 is 11.9. The number of carbonyl (C=O) groups is 1. The molecule has 100 valence electrons. The second kappa shape index (κ2) is 5.11. The summed E-state index contributed by atoms with van der Waals surface area (Å²) in [6, 6.07) is 11.5. The van der Waals surface area contributed by atoms with Crippen LogP contribution in [0.15, 0.2) is 42.5 Å². The molecule has 7 heteroatoms. The van der Waals surface area contributed by atoms with E-state index in [0.29, 0.717) is 26.8 Å². The maximum Gasteiger partial charge on any atom is 0.348 e. The van der Waals surface area contributed by atoms with Crippen molar-refractivity contribution in [2.75, 3.05) is 5.32 Å². The van der Waals surface area contributed by atoms with Crippen molar-refractivity contribution in [1.82, 2.24) is 15.0 Å². The van der Waals surface area contributed by atoms with Crippen molar-refractivity contribution in [3.8, 4) is 0 Å². The number of carbonyl (C=O) groups excluding carboxylic acids is 1. The van der Waals surface area contributed by atoms with Crippen LogP contribution in [0, 0.1) is 0 Å². The number of amides is 1. The summed E-state index contributed by atoms with van der Waals surface area (Å²) in [6.45, 7) is 0. The Morgan fingerprint density at radius 1 is 1.15 bits per heavy atom. The second-order valence-corrected chi connectivity index (χ2v) is 4.89. The van der Waals surface area contributed by atoms with Gasteiger partial charge in [-0.1, -0.05) is 40.5 Å². The summed E-state index contributed by atoms with van der Waals surface area (Å²) in [5.41, 5.74) is 1.63. The van der Waals surface area contributed by atoms with E-state index < -0.39 is 6.03 Å². The van der Waals surface area contributed by atoms with Crippen molar-refractivity contribution in [2.24, 2.45) is 0 Å². The van der Waals surface area contributed by atoms with Crippen LogP contribution in [-0.4, -0.2) is 21.0 Å². The van der Waals surface area contributed by atoms with Crippen LogP contribution in [-0.2, 0) is 0 Å². The number of nitrogens with one attached hydrogen (secondary N) is 1. The maximum absolute atomic E-state index is 12.2. The van der Waals surface area contributed by atoms with Gasteiger partial charge < -0.3 is 5.32 Å². The minimum Gasteiger partial charge on any atom is -0.305 e. The van der Waals surface area contributed by atoms with E-state index >= 15 is 0 Å². The molecule has 0 aliphatic heterocycles. The highest BCUT2D eigenvalue weighted by Gasteiger charge is 2.13. The average molecular weight is 307 g/mol. The maximum atomic E-state index is 12.2. The van der Waals surface area contributed by atoms with E-state index in [0.717, 1.165) is 4.68 Å². The largest absolute Gasteiger partial charge is 0.348 e. The first-order chi connectivity index (χ1) is 9.65. The number of nitrogens with zero attached hydrogens (tertiary/aromatic N) is 3. The Hall–Kier alpha value is -2.11. The quantitative estimate of drug-likeness (QED) is 0.743. The predicted molar refractivity (Wildman–Crippen MR) is 78.4 cm³/mol. The van der Waals surface area contributed by atoms with E-state index in [9.17, 15) is 4.79 Å². The molecule has 1 N–H and O–H groups in total. The molecule has 0 saturated heterocycles. The number of hydrogen-bond donors (Lipinski definition) is 1. The summed E-state index contributed by atoms with van der Waals surface area (Å²) in [6.07, 6.45) is 0. The van der Waals surface area contributed by atoms with Gasteiger partial charge in [-0.05, 0) is 30.3 Å². The van der Waals surface area contributed by atoms with Gasteiger partial charge in [0.1, 0.15) is 5.52 Å². The highest BCUT2D eigenvalue weighted by Crippen LogP contribution is 2.21. The zero-order valence-electron chi connectivity index (χ0n) is 10.0. The molecular weight excluding hydrogens is 299 g/mol. The molecule has 0 radical (unpaired) electrons. The highest BCUT2D eigenvalue weighted by atomic mass is 35.5. The standard InChI is InChI=1S/C13H8Cl2N4O/c14-8-5-6-12-11(7-8)17-18-19(12)13(20)16-10-4-2-1-3-9(10)15/h1-7H,(H,16,20). The number of para-hydroxylation sites is 1. The lowest BCUT2D eigenvalue weighted by molar-refractivity contribution is 0.251. The number of hydrogen-bond acceptors (Lipinski definition) is 3. The number of benzene rings is 2. The van der Waals surface area contributed by atoms with Gasteiger partial charge in [-0.25, -0.2) is 4.79 Å². The van der Waals surface area contributed by atoms with Gasteiger partial charge in [0, 0.05) is 5.02 Å². The van der Waals surface area contributed by atoms with Crippen LogP contribution in [0.2, 0.25) is 10.0 Å². The molecule has 2 aromatic carbocycles. The minimum atomic E-state index is -0.442. The molecule has 0 fully saturated rings. The molecule has 0 atom stereocenters. The summed E-state index contributed by atoms with van der Waals surface area (Å²) in [7, 11) is 0. The SMILES string of the molecule is O=C(Nc1ccccc1Cl)n1nnc2cc(Cl)ccc21. The molecule has 1 heterocycles. The van der Waals surface area contributed by atoms with E-state index in [2.05, 4.69) is 15.6 Å². The first kappa shape index (κ1) is 12.9. The lowest BCUT2D eigenvalue weighted by atomic mass is 10.3. The predicted octanol–water partition coefficient (Wildman–Crippen LogP) is 3.82.